The molecule has 0 saturated carbocycles. The Hall–Kier alpha value is -2.37. The summed E-state index contributed by atoms with van der Waals surface area (Å²) >= 11 is 0. The lowest BCUT2D eigenvalue weighted by atomic mass is 10.2. The zero-order chi connectivity index (χ0) is 14.5. The topological polar surface area (TPSA) is 53.1 Å². The van der Waals surface area contributed by atoms with E-state index >= 15 is 0 Å². The van der Waals surface area contributed by atoms with E-state index in [0.29, 0.717) is 12.5 Å². The molecule has 2 rings (SSSR count). The standard InChI is InChI=1S/C14H18FN5/c1-4-16-14-17-9-12(15)13(19-14)18-10-5-7-11(8-6-10)20(2)3/h5-9H,4H2,1-3H3,(H2,16,17,18,19). The Morgan fingerprint density at radius 2 is 1.90 bits per heavy atom. The Bertz CT molecular complexity index is 568. The summed E-state index contributed by atoms with van der Waals surface area (Å²) in [6, 6.07) is 7.66. The highest BCUT2D eigenvalue weighted by Gasteiger charge is 2.07. The number of anilines is 4. The average molecular weight is 275 g/mol. The molecule has 0 atom stereocenters. The van der Waals surface area contributed by atoms with Crippen molar-refractivity contribution in [1.82, 2.24) is 9.97 Å². The van der Waals surface area contributed by atoms with Crippen molar-refractivity contribution >= 4 is 23.1 Å². The minimum atomic E-state index is -0.483. The van der Waals surface area contributed by atoms with Crippen LogP contribution in [-0.2, 0) is 0 Å². The molecule has 2 aromatic rings. The summed E-state index contributed by atoms with van der Waals surface area (Å²) in [5.41, 5.74) is 1.85. The van der Waals surface area contributed by atoms with E-state index in [2.05, 4.69) is 20.6 Å². The predicted octanol–water partition coefficient (Wildman–Crippen LogP) is 2.86. The minimum absolute atomic E-state index is 0.161. The normalized spacial score (nSPS) is 10.2. The Morgan fingerprint density at radius 3 is 2.50 bits per heavy atom. The summed E-state index contributed by atoms with van der Waals surface area (Å²) in [7, 11) is 3.93. The molecule has 0 bridgehead atoms. The molecule has 1 aromatic carbocycles. The number of aromatic nitrogens is 2. The number of nitrogens with one attached hydrogen (secondary N) is 2. The van der Waals surface area contributed by atoms with Crippen LogP contribution in [0, 0.1) is 5.82 Å². The molecule has 106 valence electrons. The SMILES string of the molecule is CCNc1ncc(F)c(Nc2ccc(N(C)C)cc2)n1. The van der Waals surface area contributed by atoms with E-state index in [4.69, 9.17) is 0 Å². The highest BCUT2D eigenvalue weighted by atomic mass is 19.1. The number of hydrogen-bond acceptors (Lipinski definition) is 5. The van der Waals surface area contributed by atoms with Crippen LogP contribution >= 0.6 is 0 Å². The van der Waals surface area contributed by atoms with Gasteiger partial charge < -0.3 is 15.5 Å². The molecule has 0 spiro atoms. The van der Waals surface area contributed by atoms with Crippen LogP contribution in [0.1, 0.15) is 6.92 Å². The summed E-state index contributed by atoms with van der Waals surface area (Å²) in [6.07, 6.45) is 1.15. The lowest BCUT2D eigenvalue weighted by molar-refractivity contribution is 0.619. The Labute approximate surface area is 117 Å². The third-order valence-electron chi connectivity index (χ3n) is 2.73. The summed E-state index contributed by atoms with van der Waals surface area (Å²) in [6.45, 7) is 2.61. The monoisotopic (exact) mass is 275 g/mol. The zero-order valence-corrected chi connectivity index (χ0v) is 11.8. The molecule has 0 saturated heterocycles. The highest BCUT2D eigenvalue weighted by Crippen LogP contribution is 2.21. The van der Waals surface area contributed by atoms with Crippen molar-refractivity contribution in [2.24, 2.45) is 0 Å². The van der Waals surface area contributed by atoms with Crippen LogP contribution in [0.25, 0.3) is 0 Å². The van der Waals surface area contributed by atoms with Gasteiger partial charge in [-0.3, -0.25) is 0 Å². The molecule has 2 N–H and O–H groups in total. The second-order valence-electron chi connectivity index (χ2n) is 4.49. The van der Waals surface area contributed by atoms with Crippen molar-refractivity contribution in [2.75, 3.05) is 36.2 Å². The molecule has 5 nitrogen and oxygen atoms in total. The smallest absolute Gasteiger partial charge is 0.224 e. The second-order valence-corrected chi connectivity index (χ2v) is 4.49. The molecule has 20 heavy (non-hydrogen) atoms. The summed E-state index contributed by atoms with van der Waals surface area (Å²) in [5.74, 6) is 0.0817. The highest BCUT2D eigenvalue weighted by molar-refractivity contribution is 5.61. The van der Waals surface area contributed by atoms with E-state index in [1.807, 2.05) is 50.2 Å². The predicted molar refractivity (Wildman–Crippen MR) is 80.2 cm³/mol. The number of halogens is 1. The maximum atomic E-state index is 13.7. The third-order valence-corrected chi connectivity index (χ3v) is 2.73. The van der Waals surface area contributed by atoms with E-state index in [-0.39, 0.29) is 5.82 Å². The van der Waals surface area contributed by atoms with Gasteiger partial charge in [-0.1, -0.05) is 0 Å². The molecule has 1 aromatic heterocycles. The van der Waals surface area contributed by atoms with Crippen molar-refractivity contribution in [3.05, 3.63) is 36.3 Å². The lowest BCUT2D eigenvalue weighted by Gasteiger charge is -2.13. The molecule has 0 fully saturated rings. The number of benzene rings is 1. The van der Waals surface area contributed by atoms with E-state index < -0.39 is 5.82 Å². The fourth-order valence-corrected chi connectivity index (χ4v) is 1.68. The van der Waals surface area contributed by atoms with Gasteiger partial charge in [0.25, 0.3) is 0 Å². The average Bonchev–Trinajstić information content (AvgIpc) is 2.43. The first-order valence-corrected chi connectivity index (χ1v) is 6.41. The number of rotatable bonds is 5. The Kier molecular flexibility index (Phi) is 4.34. The van der Waals surface area contributed by atoms with Crippen LogP contribution in [0.15, 0.2) is 30.5 Å². The Morgan fingerprint density at radius 1 is 1.20 bits per heavy atom. The van der Waals surface area contributed by atoms with Crippen LogP contribution in [0.5, 0.6) is 0 Å². The number of nitrogens with zero attached hydrogens (tertiary/aromatic N) is 3. The van der Waals surface area contributed by atoms with Crippen LogP contribution < -0.4 is 15.5 Å². The maximum Gasteiger partial charge on any atom is 0.224 e. The van der Waals surface area contributed by atoms with Gasteiger partial charge in [0.05, 0.1) is 6.20 Å². The first-order valence-electron chi connectivity index (χ1n) is 6.41. The van der Waals surface area contributed by atoms with Gasteiger partial charge in [0.1, 0.15) is 0 Å². The maximum absolute atomic E-state index is 13.7. The summed E-state index contributed by atoms with van der Waals surface area (Å²) in [4.78, 5) is 9.96. The van der Waals surface area contributed by atoms with Gasteiger partial charge in [0.15, 0.2) is 11.6 Å². The first kappa shape index (κ1) is 14.0. The molecule has 1 heterocycles. The van der Waals surface area contributed by atoms with Gasteiger partial charge in [0.2, 0.25) is 5.95 Å². The second kappa shape index (κ2) is 6.18. The largest absolute Gasteiger partial charge is 0.378 e. The summed E-state index contributed by atoms with van der Waals surface area (Å²) < 4.78 is 13.7. The molecule has 0 aliphatic rings. The number of hydrogen-bond donors (Lipinski definition) is 2. The van der Waals surface area contributed by atoms with Gasteiger partial charge in [-0.15, -0.1) is 0 Å². The van der Waals surface area contributed by atoms with Crippen molar-refractivity contribution in [3.63, 3.8) is 0 Å². The van der Waals surface area contributed by atoms with Crippen molar-refractivity contribution in [1.29, 1.82) is 0 Å². The van der Waals surface area contributed by atoms with Gasteiger partial charge in [-0.2, -0.15) is 4.98 Å². The van der Waals surface area contributed by atoms with Crippen LogP contribution in [0.4, 0.5) is 27.5 Å². The van der Waals surface area contributed by atoms with Crippen LogP contribution in [0.2, 0.25) is 0 Å². The van der Waals surface area contributed by atoms with Crippen molar-refractivity contribution < 1.29 is 4.39 Å². The molecule has 6 heteroatoms. The zero-order valence-electron chi connectivity index (χ0n) is 11.8. The summed E-state index contributed by atoms with van der Waals surface area (Å²) in [5, 5.41) is 5.90. The quantitative estimate of drug-likeness (QED) is 0.878. The van der Waals surface area contributed by atoms with Gasteiger partial charge >= 0.3 is 0 Å². The van der Waals surface area contributed by atoms with Crippen LogP contribution in [0.3, 0.4) is 0 Å². The van der Waals surface area contributed by atoms with Crippen LogP contribution in [-0.4, -0.2) is 30.6 Å². The molecule has 0 unspecified atom stereocenters. The van der Waals surface area contributed by atoms with E-state index in [1.165, 1.54) is 0 Å². The fraction of sp³-hybridized carbons (Fsp3) is 0.286. The van der Waals surface area contributed by atoms with Crippen molar-refractivity contribution in [2.45, 2.75) is 6.92 Å². The van der Waals surface area contributed by atoms with E-state index in [9.17, 15) is 4.39 Å². The third kappa shape index (κ3) is 3.34. The molecule has 0 amide bonds. The molecular weight excluding hydrogens is 257 g/mol. The van der Waals surface area contributed by atoms with Gasteiger partial charge in [-0.05, 0) is 31.2 Å². The molecule has 0 aliphatic heterocycles. The van der Waals surface area contributed by atoms with Gasteiger partial charge in [0, 0.05) is 32.0 Å². The van der Waals surface area contributed by atoms with E-state index in [1.54, 1.807) is 0 Å². The van der Waals surface area contributed by atoms with Gasteiger partial charge in [-0.25, -0.2) is 9.37 Å². The van der Waals surface area contributed by atoms with E-state index in [0.717, 1.165) is 17.6 Å². The molecular formula is C14H18FN5. The fourth-order valence-electron chi connectivity index (χ4n) is 1.68. The molecule has 0 radical (unpaired) electrons. The first-order chi connectivity index (χ1) is 9.60. The van der Waals surface area contributed by atoms with Crippen molar-refractivity contribution in [3.8, 4) is 0 Å². The molecule has 0 aliphatic carbocycles. The minimum Gasteiger partial charge on any atom is -0.378 e. The lowest BCUT2D eigenvalue weighted by Crippen LogP contribution is -2.08. The Balaban J connectivity index is 2.18.